The zero-order chi connectivity index (χ0) is 24.0. The average Bonchev–Trinajstić information content (AvgIpc) is 2.75. The van der Waals surface area contributed by atoms with Crippen LogP contribution in [-0.4, -0.2) is 75.6 Å². The monoisotopic (exact) mass is 481 g/mol. The third-order valence-corrected chi connectivity index (χ3v) is 6.89. The van der Waals surface area contributed by atoms with Crippen LogP contribution in [0.4, 0.5) is 21.9 Å². The van der Waals surface area contributed by atoms with E-state index < -0.39 is 16.9 Å². The van der Waals surface area contributed by atoms with Gasteiger partial charge in [0.05, 0.1) is 17.1 Å². The normalized spacial score (nSPS) is 19.2. The van der Waals surface area contributed by atoms with Gasteiger partial charge in [0.25, 0.3) is 11.3 Å². The van der Waals surface area contributed by atoms with Crippen molar-refractivity contribution in [2.24, 2.45) is 0 Å². The molecule has 1 aromatic rings. The summed E-state index contributed by atoms with van der Waals surface area (Å²) in [4.78, 5) is 16.1. The molecule has 0 radical (unpaired) electrons. The first-order valence-electron chi connectivity index (χ1n) is 11.9. The fourth-order valence-electron chi connectivity index (χ4n) is 4.31. The standard InChI is InChI=1S/C23H39N5O4S/c1-23(2,3)32-22(29)27-14-11-26(12-15-27)13-16-28(33(30)31)19-9-10-21(20(24)17-19)25-18-7-5-4-6-8-18/h9-10,17-18,25H,4-8,11-16,24H2,1-3H3,(H,30,31). The molecule has 10 heteroatoms. The molecule has 1 aromatic carbocycles. The van der Waals surface area contributed by atoms with E-state index in [0.29, 0.717) is 56.7 Å². The Labute approximate surface area is 200 Å². The summed E-state index contributed by atoms with van der Waals surface area (Å²) in [5.41, 5.74) is 7.85. The number of nitrogen functional groups attached to an aromatic ring is 1. The highest BCUT2D eigenvalue weighted by Crippen LogP contribution is 2.29. The van der Waals surface area contributed by atoms with Crippen molar-refractivity contribution < 1.29 is 18.3 Å². The number of carbonyl (C=O) groups excluding carboxylic acids is 1. The van der Waals surface area contributed by atoms with Crippen LogP contribution in [0, 0.1) is 0 Å². The predicted octanol–water partition coefficient (Wildman–Crippen LogP) is 3.51. The van der Waals surface area contributed by atoms with E-state index in [9.17, 15) is 13.6 Å². The van der Waals surface area contributed by atoms with E-state index in [4.69, 9.17) is 10.5 Å². The molecule has 1 atom stereocenters. The summed E-state index contributed by atoms with van der Waals surface area (Å²) in [6.45, 7) is 9.09. The number of amides is 1. The Kier molecular flexibility index (Phi) is 8.83. The summed E-state index contributed by atoms with van der Waals surface area (Å²) in [6.07, 6.45) is 5.76. The minimum atomic E-state index is -2.16. The first-order chi connectivity index (χ1) is 15.6. The zero-order valence-electron chi connectivity index (χ0n) is 20.1. The molecule has 1 saturated carbocycles. The molecule has 3 rings (SSSR count). The molecule has 0 bridgehead atoms. The zero-order valence-corrected chi connectivity index (χ0v) is 20.9. The van der Waals surface area contributed by atoms with E-state index in [-0.39, 0.29) is 6.09 Å². The lowest BCUT2D eigenvalue weighted by Crippen LogP contribution is -2.51. The minimum Gasteiger partial charge on any atom is -0.444 e. The molecule has 33 heavy (non-hydrogen) atoms. The first kappa shape index (κ1) is 25.6. The number of ether oxygens (including phenoxy) is 1. The molecule has 2 fully saturated rings. The quantitative estimate of drug-likeness (QED) is 0.404. The number of nitrogens with zero attached hydrogens (tertiary/aromatic N) is 3. The van der Waals surface area contributed by atoms with E-state index >= 15 is 0 Å². The van der Waals surface area contributed by atoms with Crippen molar-refractivity contribution in [2.45, 2.75) is 64.5 Å². The number of hydrogen-bond donors (Lipinski definition) is 3. The molecule has 4 N–H and O–H groups in total. The maximum atomic E-state index is 12.2. The van der Waals surface area contributed by atoms with Gasteiger partial charge >= 0.3 is 6.09 Å². The van der Waals surface area contributed by atoms with E-state index in [1.54, 1.807) is 11.0 Å². The third kappa shape index (κ3) is 7.75. The van der Waals surface area contributed by atoms with Crippen molar-refractivity contribution in [1.82, 2.24) is 9.80 Å². The van der Waals surface area contributed by atoms with Crippen LogP contribution in [0.5, 0.6) is 0 Å². The largest absolute Gasteiger partial charge is 0.444 e. The van der Waals surface area contributed by atoms with E-state index in [0.717, 1.165) is 18.5 Å². The predicted molar refractivity (Wildman–Crippen MR) is 134 cm³/mol. The van der Waals surface area contributed by atoms with Crippen LogP contribution in [0.15, 0.2) is 18.2 Å². The second-order valence-electron chi connectivity index (χ2n) is 9.89. The molecule has 0 spiro atoms. The number of carbonyl (C=O) groups is 1. The molecule has 1 aliphatic carbocycles. The van der Waals surface area contributed by atoms with Crippen molar-refractivity contribution in [2.75, 3.05) is 54.6 Å². The SMILES string of the molecule is CC(C)(C)OC(=O)N1CCN(CCN(c2ccc(NC3CCCCC3)c(N)c2)S(=O)O)CC1. The highest BCUT2D eigenvalue weighted by atomic mass is 32.2. The topological polar surface area (TPSA) is 111 Å². The average molecular weight is 482 g/mol. The number of nitrogens with two attached hydrogens (primary N) is 1. The van der Waals surface area contributed by atoms with Crippen LogP contribution < -0.4 is 15.4 Å². The molecule has 186 valence electrons. The van der Waals surface area contributed by atoms with Crippen LogP contribution in [0.25, 0.3) is 0 Å². The first-order valence-corrected chi connectivity index (χ1v) is 12.9. The Hall–Kier alpha value is -2.04. The van der Waals surface area contributed by atoms with Gasteiger partial charge in [-0.15, -0.1) is 0 Å². The maximum Gasteiger partial charge on any atom is 0.410 e. The van der Waals surface area contributed by atoms with E-state index in [2.05, 4.69) is 10.2 Å². The van der Waals surface area contributed by atoms with Gasteiger partial charge in [0.15, 0.2) is 0 Å². The second kappa shape index (κ2) is 11.4. The summed E-state index contributed by atoms with van der Waals surface area (Å²) in [5.74, 6) is 0. The van der Waals surface area contributed by atoms with Gasteiger partial charge in [0, 0.05) is 45.3 Å². The second-order valence-corrected chi connectivity index (χ2v) is 10.8. The van der Waals surface area contributed by atoms with E-state index in [1.165, 1.54) is 23.6 Å². The summed E-state index contributed by atoms with van der Waals surface area (Å²) in [7, 11) is 0. The lowest BCUT2D eigenvalue weighted by atomic mass is 9.95. The highest BCUT2D eigenvalue weighted by Gasteiger charge is 2.26. The summed E-state index contributed by atoms with van der Waals surface area (Å²) >= 11 is -2.16. The van der Waals surface area contributed by atoms with Gasteiger partial charge in [-0.25, -0.2) is 9.00 Å². The fraction of sp³-hybridized carbons (Fsp3) is 0.696. The molecule has 9 nitrogen and oxygen atoms in total. The number of rotatable bonds is 7. The summed E-state index contributed by atoms with van der Waals surface area (Å²) < 4.78 is 28.8. The Balaban J connectivity index is 1.52. The Morgan fingerprint density at radius 3 is 2.45 bits per heavy atom. The van der Waals surface area contributed by atoms with Gasteiger partial charge in [-0.2, -0.15) is 0 Å². The Morgan fingerprint density at radius 1 is 1.21 bits per heavy atom. The van der Waals surface area contributed by atoms with Gasteiger partial charge in [-0.3, -0.25) is 13.8 Å². The molecule has 1 amide bonds. The number of hydrogen-bond acceptors (Lipinski definition) is 6. The fourth-order valence-corrected chi connectivity index (χ4v) is 4.85. The molecular weight excluding hydrogens is 442 g/mol. The van der Waals surface area contributed by atoms with Gasteiger partial charge < -0.3 is 20.7 Å². The third-order valence-electron chi connectivity index (χ3n) is 6.12. The highest BCUT2D eigenvalue weighted by molar-refractivity contribution is 7.80. The van der Waals surface area contributed by atoms with Crippen LogP contribution in [0.2, 0.25) is 0 Å². The van der Waals surface area contributed by atoms with Crippen LogP contribution in [-0.2, 0) is 16.0 Å². The number of benzene rings is 1. The van der Waals surface area contributed by atoms with Gasteiger partial charge in [0.1, 0.15) is 5.60 Å². The maximum absolute atomic E-state index is 12.2. The lowest BCUT2D eigenvalue weighted by Gasteiger charge is -2.36. The summed E-state index contributed by atoms with van der Waals surface area (Å²) in [5, 5.41) is 3.52. The van der Waals surface area contributed by atoms with Crippen molar-refractivity contribution >= 4 is 34.4 Å². The molecule has 1 heterocycles. The molecule has 2 aliphatic rings. The molecule has 1 unspecified atom stereocenters. The van der Waals surface area contributed by atoms with Gasteiger partial charge in [-0.1, -0.05) is 19.3 Å². The van der Waals surface area contributed by atoms with Crippen LogP contribution >= 0.6 is 0 Å². The number of anilines is 3. The van der Waals surface area contributed by atoms with Crippen molar-refractivity contribution in [3.05, 3.63) is 18.2 Å². The molecule has 1 saturated heterocycles. The van der Waals surface area contributed by atoms with E-state index in [1.807, 2.05) is 32.9 Å². The van der Waals surface area contributed by atoms with Crippen LogP contribution in [0.3, 0.4) is 0 Å². The molecule has 1 aliphatic heterocycles. The molecule has 0 aromatic heterocycles. The van der Waals surface area contributed by atoms with Crippen molar-refractivity contribution in [3.8, 4) is 0 Å². The smallest absolute Gasteiger partial charge is 0.410 e. The minimum absolute atomic E-state index is 0.294. The van der Waals surface area contributed by atoms with Crippen molar-refractivity contribution in [3.63, 3.8) is 0 Å². The van der Waals surface area contributed by atoms with Gasteiger partial charge in [0.2, 0.25) is 0 Å². The Morgan fingerprint density at radius 2 is 1.88 bits per heavy atom. The lowest BCUT2D eigenvalue weighted by molar-refractivity contribution is 0.0148. The molecular formula is C23H39N5O4S. The Bertz CT molecular complexity index is 818. The summed E-state index contributed by atoms with van der Waals surface area (Å²) in [6, 6.07) is 5.95. The van der Waals surface area contributed by atoms with Crippen molar-refractivity contribution in [1.29, 1.82) is 0 Å². The number of nitrogens with one attached hydrogen (secondary N) is 1. The van der Waals surface area contributed by atoms with Crippen LogP contribution in [0.1, 0.15) is 52.9 Å². The number of piperazine rings is 1. The van der Waals surface area contributed by atoms with Gasteiger partial charge in [-0.05, 0) is 51.8 Å².